The molecule has 0 heterocycles. The first-order valence-corrected chi connectivity index (χ1v) is 11.1. The Morgan fingerprint density at radius 1 is 1.07 bits per heavy atom. The molecule has 0 fully saturated rings. The third-order valence-corrected chi connectivity index (χ3v) is 5.73. The summed E-state index contributed by atoms with van der Waals surface area (Å²) in [7, 11) is -3.82. The second-order valence-corrected chi connectivity index (χ2v) is 10.1. The van der Waals surface area contributed by atoms with Crippen LogP contribution in [0.25, 0.3) is 0 Å². The number of nitrogens with zero attached hydrogens (tertiary/aromatic N) is 1. The van der Waals surface area contributed by atoms with Crippen LogP contribution in [0, 0.1) is 0 Å². The highest BCUT2D eigenvalue weighted by atomic mass is 35.5. The van der Waals surface area contributed by atoms with Crippen molar-refractivity contribution < 1.29 is 26.4 Å². The number of nitrogens with one attached hydrogen (secondary N) is 1. The molecule has 2 aromatic rings. The van der Waals surface area contributed by atoms with E-state index in [1.165, 1.54) is 6.07 Å². The van der Waals surface area contributed by atoms with E-state index in [9.17, 15) is 26.4 Å². The quantitative estimate of drug-likeness (QED) is 0.675. The van der Waals surface area contributed by atoms with Gasteiger partial charge in [-0.05, 0) is 41.3 Å². The zero-order valence-corrected chi connectivity index (χ0v) is 18.4. The fourth-order valence-electron chi connectivity index (χ4n) is 2.68. The molecule has 2 rings (SSSR count). The minimum Gasteiger partial charge on any atom is -0.324 e. The van der Waals surface area contributed by atoms with Crippen LogP contribution in [0.4, 0.5) is 24.5 Å². The average Bonchev–Trinajstić information content (AvgIpc) is 2.59. The Kier molecular flexibility index (Phi) is 6.78. The number of halogens is 4. The van der Waals surface area contributed by atoms with E-state index in [4.69, 9.17) is 11.6 Å². The van der Waals surface area contributed by atoms with E-state index in [1.807, 2.05) is 20.8 Å². The summed E-state index contributed by atoms with van der Waals surface area (Å²) in [6, 6.07) is 9.61. The maximum atomic E-state index is 13.0. The lowest BCUT2D eigenvalue weighted by Gasteiger charge is -2.24. The lowest BCUT2D eigenvalue weighted by Crippen LogP contribution is -2.37. The molecule has 30 heavy (non-hydrogen) atoms. The van der Waals surface area contributed by atoms with Gasteiger partial charge < -0.3 is 5.32 Å². The van der Waals surface area contributed by atoms with Gasteiger partial charge >= 0.3 is 6.18 Å². The van der Waals surface area contributed by atoms with Gasteiger partial charge in [0.1, 0.15) is 6.54 Å². The van der Waals surface area contributed by atoms with Gasteiger partial charge in [-0.15, -0.1) is 0 Å². The van der Waals surface area contributed by atoms with Crippen LogP contribution in [0.3, 0.4) is 0 Å². The zero-order chi connectivity index (χ0) is 22.9. The van der Waals surface area contributed by atoms with E-state index < -0.39 is 39.2 Å². The summed E-state index contributed by atoms with van der Waals surface area (Å²) < 4.78 is 64.3. The number of sulfonamides is 1. The highest BCUT2D eigenvalue weighted by Crippen LogP contribution is 2.36. The van der Waals surface area contributed by atoms with E-state index >= 15 is 0 Å². The predicted molar refractivity (Wildman–Crippen MR) is 112 cm³/mol. The molecule has 0 aliphatic heterocycles. The summed E-state index contributed by atoms with van der Waals surface area (Å²) in [6.07, 6.45) is -3.74. The first kappa shape index (κ1) is 24.0. The second-order valence-electron chi connectivity index (χ2n) is 7.81. The third kappa shape index (κ3) is 6.12. The molecule has 0 bridgehead atoms. The van der Waals surface area contributed by atoms with Crippen LogP contribution < -0.4 is 9.62 Å². The van der Waals surface area contributed by atoms with Crippen LogP contribution in [0.1, 0.15) is 31.9 Å². The van der Waals surface area contributed by atoms with Crippen LogP contribution in [0.15, 0.2) is 42.5 Å². The Hall–Kier alpha value is -2.26. The van der Waals surface area contributed by atoms with Gasteiger partial charge in [-0.3, -0.25) is 9.10 Å². The molecule has 10 heteroatoms. The molecule has 0 radical (unpaired) electrons. The van der Waals surface area contributed by atoms with E-state index in [2.05, 4.69) is 5.32 Å². The van der Waals surface area contributed by atoms with Gasteiger partial charge in [-0.25, -0.2) is 8.42 Å². The molecule has 0 saturated heterocycles. The standard InChI is InChI=1S/C20H22ClF3N2O3S/c1-19(2,3)13-5-8-15(9-6-13)26(30(4,28)29)12-18(27)25-14-7-10-17(21)16(11-14)20(22,23)24/h5-11H,12H2,1-4H3,(H,25,27). The van der Waals surface area contributed by atoms with Crippen LogP contribution in [-0.2, 0) is 26.4 Å². The van der Waals surface area contributed by atoms with Crippen molar-refractivity contribution in [1.29, 1.82) is 0 Å². The van der Waals surface area contributed by atoms with E-state index in [0.717, 1.165) is 22.2 Å². The first-order valence-electron chi connectivity index (χ1n) is 8.84. The highest BCUT2D eigenvalue weighted by molar-refractivity contribution is 7.92. The van der Waals surface area contributed by atoms with Crippen molar-refractivity contribution >= 4 is 38.9 Å². The van der Waals surface area contributed by atoms with E-state index in [-0.39, 0.29) is 16.8 Å². The predicted octanol–water partition coefficient (Wildman–Crippen LogP) is 5.06. The molecule has 0 aliphatic carbocycles. The van der Waals surface area contributed by atoms with Gasteiger partial charge in [0.15, 0.2) is 0 Å². The van der Waals surface area contributed by atoms with Crippen molar-refractivity contribution in [1.82, 2.24) is 0 Å². The fourth-order valence-corrected chi connectivity index (χ4v) is 3.76. The van der Waals surface area contributed by atoms with Crippen molar-refractivity contribution in [2.75, 3.05) is 22.4 Å². The molecular formula is C20H22ClF3N2O3S. The van der Waals surface area contributed by atoms with Crippen molar-refractivity contribution in [3.05, 3.63) is 58.6 Å². The Labute approximate surface area is 178 Å². The zero-order valence-electron chi connectivity index (χ0n) is 16.8. The molecule has 5 nitrogen and oxygen atoms in total. The first-order chi connectivity index (χ1) is 13.6. The third-order valence-electron chi connectivity index (χ3n) is 4.26. The van der Waals surface area contributed by atoms with Crippen LogP contribution in [0.5, 0.6) is 0 Å². The van der Waals surface area contributed by atoms with Gasteiger partial charge in [0.25, 0.3) is 0 Å². The molecule has 1 amide bonds. The summed E-state index contributed by atoms with van der Waals surface area (Å²) in [5.41, 5.74) is -0.137. The SMILES string of the molecule is CC(C)(C)c1ccc(N(CC(=O)Nc2ccc(Cl)c(C(F)(F)F)c2)S(C)(=O)=O)cc1. The average molecular weight is 463 g/mol. The number of hydrogen-bond acceptors (Lipinski definition) is 3. The monoisotopic (exact) mass is 462 g/mol. The maximum Gasteiger partial charge on any atom is 0.417 e. The fraction of sp³-hybridized carbons (Fsp3) is 0.350. The number of rotatable bonds is 5. The molecule has 0 atom stereocenters. The number of carbonyl (C=O) groups excluding carboxylic acids is 1. The van der Waals surface area contributed by atoms with Gasteiger partial charge in [0, 0.05) is 5.69 Å². The minimum absolute atomic E-state index is 0.142. The molecule has 1 N–H and O–H groups in total. The van der Waals surface area contributed by atoms with Gasteiger partial charge in [-0.1, -0.05) is 44.5 Å². The molecule has 0 aliphatic rings. The molecule has 164 valence electrons. The number of amides is 1. The number of benzene rings is 2. The van der Waals surface area contributed by atoms with Gasteiger partial charge in [0.2, 0.25) is 15.9 Å². The van der Waals surface area contributed by atoms with Crippen molar-refractivity contribution in [2.45, 2.75) is 32.4 Å². The molecule has 0 spiro atoms. The second kappa shape index (κ2) is 8.47. The van der Waals surface area contributed by atoms with Crippen LogP contribution in [-0.4, -0.2) is 27.1 Å². The van der Waals surface area contributed by atoms with Gasteiger partial charge in [0.05, 0.1) is 22.5 Å². The van der Waals surface area contributed by atoms with Gasteiger partial charge in [-0.2, -0.15) is 13.2 Å². The number of hydrogen-bond donors (Lipinski definition) is 1. The molecule has 0 saturated carbocycles. The molecule has 0 aromatic heterocycles. The van der Waals surface area contributed by atoms with Crippen LogP contribution >= 0.6 is 11.6 Å². The number of alkyl halides is 3. The molecule has 2 aromatic carbocycles. The molecular weight excluding hydrogens is 441 g/mol. The Balaban J connectivity index is 2.25. The normalized spacial score (nSPS) is 12.5. The summed E-state index contributed by atoms with van der Waals surface area (Å²) >= 11 is 5.57. The summed E-state index contributed by atoms with van der Waals surface area (Å²) in [4.78, 5) is 12.4. The lowest BCUT2D eigenvalue weighted by molar-refractivity contribution is -0.137. The van der Waals surface area contributed by atoms with E-state index in [0.29, 0.717) is 6.07 Å². The summed E-state index contributed by atoms with van der Waals surface area (Å²) in [5.74, 6) is -0.796. The van der Waals surface area contributed by atoms with E-state index in [1.54, 1.807) is 24.3 Å². The Bertz CT molecular complexity index is 1030. The van der Waals surface area contributed by atoms with Crippen molar-refractivity contribution in [3.63, 3.8) is 0 Å². The smallest absolute Gasteiger partial charge is 0.324 e. The highest BCUT2D eigenvalue weighted by Gasteiger charge is 2.33. The Morgan fingerprint density at radius 3 is 2.10 bits per heavy atom. The van der Waals surface area contributed by atoms with Crippen molar-refractivity contribution in [3.8, 4) is 0 Å². The summed E-state index contributed by atoms with van der Waals surface area (Å²) in [6.45, 7) is 5.42. The topological polar surface area (TPSA) is 66.5 Å². The lowest BCUT2D eigenvalue weighted by atomic mass is 9.87. The van der Waals surface area contributed by atoms with Crippen molar-refractivity contribution in [2.24, 2.45) is 0 Å². The maximum absolute atomic E-state index is 13.0. The summed E-state index contributed by atoms with van der Waals surface area (Å²) in [5, 5.41) is 1.78. The largest absolute Gasteiger partial charge is 0.417 e. The Morgan fingerprint density at radius 2 is 1.63 bits per heavy atom. The van der Waals surface area contributed by atoms with Crippen LogP contribution in [0.2, 0.25) is 5.02 Å². The molecule has 0 unspecified atom stereocenters. The number of carbonyl (C=O) groups is 1. The number of anilines is 2. The minimum atomic E-state index is -4.69.